The molecule has 0 spiro atoms. The van der Waals surface area contributed by atoms with E-state index < -0.39 is 5.91 Å². The molecule has 4 N–H and O–H groups in total. The summed E-state index contributed by atoms with van der Waals surface area (Å²) in [7, 11) is 3.11. The van der Waals surface area contributed by atoms with Crippen molar-refractivity contribution in [3.8, 4) is 17.2 Å². The second-order valence-corrected chi connectivity index (χ2v) is 7.18. The first-order valence-electron chi connectivity index (χ1n) is 8.40. The number of primary amides is 1. The van der Waals surface area contributed by atoms with Crippen molar-refractivity contribution in [3.05, 3.63) is 17.7 Å². The molecule has 0 radical (unpaired) electrons. The fraction of sp³-hybridized carbons (Fsp3) is 0.611. The number of rotatable bonds is 7. The van der Waals surface area contributed by atoms with Crippen molar-refractivity contribution < 1.29 is 19.0 Å². The molecule has 0 bridgehead atoms. The van der Waals surface area contributed by atoms with Crippen LogP contribution in [0.5, 0.6) is 17.2 Å². The van der Waals surface area contributed by atoms with Crippen molar-refractivity contribution in [1.82, 2.24) is 4.90 Å². The van der Waals surface area contributed by atoms with E-state index in [2.05, 4.69) is 18.7 Å². The van der Waals surface area contributed by atoms with Crippen molar-refractivity contribution in [2.24, 2.45) is 16.9 Å². The Labute approximate surface area is 149 Å². The summed E-state index contributed by atoms with van der Waals surface area (Å²) < 4.78 is 16.3. The molecule has 1 aliphatic rings. The van der Waals surface area contributed by atoms with Gasteiger partial charge < -0.3 is 25.7 Å². The molecule has 1 atom stereocenters. The van der Waals surface area contributed by atoms with Gasteiger partial charge in [0.15, 0.2) is 18.1 Å². The van der Waals surface area contributed by atoms with Crippen LogP contribution in [0.25, 0.3) is 0 Å². The molecule has 25 heavy (non-hydrogen) atoms. The first-order valence-corrected chi connectivity index (χ1v) is 8.40. The van der Waals surface area contributed by atoms with Crippen molar-refractivity contribution in [2.75, 3.05) is 33.9 Å². The maximum Gasteiger partial charge on any atom is 0.255 e. The number of nitrogens with zero attached hydrogens (tertiary/aromatic N) is 1. The number of benzene rings is 1. The van der Waals surface area contributed by atoms with Crippen LogP contribution in [0.4, 0.5) is 0 Å². The standard InChI is InChI=1S/C18H29N3O4/c1-18(2)11-21(6-5-15(18)19)9-12-7-13(23-3)17(14(8-12)24-4)25-10-16(20)22/h7-8,15H,5-6,9-11,19H2,1-4H3,(H2,20,22). The summed E-state index contributed by atoms with van der Waals surface area (Å²) in [5.41, 5.74) is 12.5. The largest absolute Gasteiger partial charge is 0.493 e. The third-order valence-electron chi connectivity index (χ3n) is 4.68. The van der Waals surface area contributed by atoms with E-state index in [1.54, 1.807) is 14.2 Å². The van der Waals surface area contributed by atoms with Crippen molar-refractivity contribution in [1.29, 1.82) is 0 Å². The van der Waals surface area contributed by atoms with Crippen LogP contribution in [0.2, 0.25) is 0 Å². The fourth-order valence-electron chi connectivity index (χ4n) is 3.19. The molecule has 1 aromatic rings. The van der Waals surface area contributed by atoms with Gasteiger partial charge in [-0.2, -0.15) is 0 Å². The monoisotopic (exact) mass is 351 g/mol. The predicted molar refractivity (Wildman–Crippen MR) is 95.9 cm³/mol. The van der Waals surface area contributed by atoms with E-state index in [9.17, 15) is 4.79 Å². The van der Waals surface area contributed by atoms with Crippen LogP contribution in [0.1, 0.15) is 25.8 Å². The predicted octanol–water partition coefficient (Wildman–Crippen LogP) is 1.13. The smallest absolute Gasteiger partial charge is 0.255 e. The Kier molecular flexibility index (Phi) is 6.13. The van der Waals surface area contributed by atoms with Gasteiger partial charge in [-0.25, -0.2) is 0 Å². The Morgan fingerprint density at radius 2 is 1.88 bits per heavy atom. The van der Waals surface area contributed by atoms with Crippen LogP contribution >= 0.6 is 0 Å². The second-order valence-electron chi connectivity index (χ2n) is 7.18. The van der Waals surface area contributed by atoms with E-state index in [1.807, 2.05) is 12.1 Å². The molecule has 0 aromatic heterocycles. The molecule has 140 valence electrons. The summed E-state index contributed by atoms with van der Waals surface area (Å²) in [6.45, 7) is 6.81. The number of nitrogens with two attached hydrogens (primary N) is 2. The lowest BCUT2D eigenvalue weighted by Gasteiger charge is -2.42. The first-order chi connectivity index (χ1) is 11.8. The molecule has 1 aliphatic heterocycles. The van der Waals surface area contributed by atoms with Gasteiger partial charge in [-0.1, -0.05) is 13.8 Å². The Balaban J connectivity index is 2.20. The second kappa shape index (κ2) is 7.93. The molecule has 7 nitrogen and oxygen atoms in total. The van der Waals surface area contributed by atoms with Crippen LogP contribution in [0.3, 0.4) is 0 Å². The Morgan fingerprint density at radius 3 is 2.36 bits per heavy atom. The van der Waals surface area contributed by atoms with Gasteiger partial charge in [0.2, 0.25) is 5.75 Å². The quantitative estimate of drug-likeness (QED) is 0.764. The fourth-order valence-corrected chi connectivity index (χ4v) is 3.19. The highest BCUT2D eigenvalue weighted by Gasteiger charge is 2.33. The minimum atomic E-state index is -0.555. The van der Waals surface area contributed by atoms with E-state index in [-0.39, 0.29) is 18.1 Å². The number of likely N-dealkylation sites (tertiary alicyclic amines) is 1. The Morgan fingerprint density at radius 1 is 1.28 bits per heavy atom. The van der Waals surface area contributed by atoms with Gasteiger partial charge in [-0.3, -0.25) is 9.69 Å². The molecule has 1 heterocycles. The summed E-state index contributed by atoms with van der Waals surface area (Å²) in [6.07, 6.45) is 0.973. The molecule has 0 aliphatic carbocycles. The SMILES string of the molecule is COc1cc(CN2CCC(N)C(C)(C)C2)cc(OC)c1OCC(N)=O. The van der Waals surface area contributed by atoms with Gasteiger partial charge in [-0.15, -0.1) is 0 Å². The van der Waals surface area contributed by atoms with Crippen LogP contribution < -0.4 is 25.7 Å². The number of piperidine rings is 1. The van der Waals surface area contributed by atoms with Crippen molar-refractivity contribution in [3.63, 3.8) is 0 Å². The number of carbonyl (C=O) groups is 1. The number of ether oxygens (including phenoxy) is 3. The third kappa shape index (κ3) is 4.76. The zero-order valence-corrected chi connectivity index (χ0v) is 15.5. The van der Waals surface area contributed by atoms with Crippen LogP contribution in [-0.4, -0.2) is 50.8 Å². The third-order valence-corrected chi connectivity index (χ3v) is 4.68. The summed E-state index contributed by atoms with van der Waals surface area (Å²) in [6, 6.07) is 4.03. The summed E-state index contributed by atoms with van der Waals surface area (Å²) in [5, 5.41) is 0. The lowest BCUT2D eigenvalue weighted by Crippen LogP contribution is -2.52. The highest BCUT2D eigenvalue weighted by Crippen LogP contribution is 2.39. The molecular weight excluding hydrogens is 322 g/mol. The zero-order chi connectivity index (χ0) is 18.6. The van der Waals surface area contributed by atoms with Gasteiger partial charge in [-0.05, 0) is 29.5 Å². The van der Waals surface area contributed by atoms with Gasteiger partial charge >= 0.3 is 0 Å². The first kappa shape index (κ1) is 19.3. The summed E-state index contributed by atoms with van der Waals surface area (Å²) in [4.78, 5) is 13.4. The normalized spacial score (nSPS) is 20.1. The number of carbonyl (C=O) groups excluding carboxylic acids is 1. The maximum atomic E-state index is 11.0. The topological polar surface area (TPSA) is 100 Å². The highest BCUT2D eigenvalue weighted by atomic mass is 16.5. The Hall–Kier alpha value is -1.99. The van der Waals surface area contributed by atoms with Crippen LogP contribution in [0, 0.1) is 5.41 Å². The molecule has 1 amide bonds. The van der Waals surface area contributed by atoms with Gasteiger partial charge in [0.1, 0.15) is 0 Å². The van der Waals surface area contributed by atoms with E-state index in [1.165, 1.54) is 0 Å². The van der Waals surface area contributed by atoms with E-state index in [0.29, 0.717) is 17.2 Å². The molecular formula is C18H29N3O4. The van der Waals surface area contributed by atoms with Crippen LogP contribution in [0.15, 0.2) is 12.1 Å². The number of hydrogen-bond acceptors (Lipinski definition) is 6. The Bertz CT molecular complexity index is 593. The minimum absolute atomic E-state index is 0.0803. The number of amides is 1. The molecule has 7 heteroatoms. The molecule has 2 rings (SSSR count). The van der Waals surface area contributed by atoms with E-state index in [4.69, 9.17) is 25.7 Å². The number of methoxy groups -OCH3 is 2. The van der Waals surface area contributed by atoms with E-state index >= 15 is 0 Å². The molecule has 1 aromatic carbocycles. The molecule has 1 unspecified atom stereocenters. The summed E-state index contributed by atoms with van der Waals surface area (Å²) in [5.74, 6) is 0.862. The van der Waals surface area contributed by atoms with Gasteiger partial charge in [0.05, 0.1) is 14.2 Å². The zero-order valence-electron chi connectivity index (χ0n) is 15.5. The van der Waals surface area contributed by atoms with Crippen molar-refractivity contribution in [2.45, 2.75) is 32.9 Å². The lowest BCUT2D eigenvalue weighted by atomic mass is 9.79. The maximum absolute atomic E-state index is 11.0. The highest BCUT2D eigenvalue weighted by molar-refractivity contribution is 5.75. The van der Waals surface area contributed by atoms with Gasteiger partial charge in [0.25, 0.3) is 5.91 Å². The van der Waals surface area contributed by atoms with Crippen LogP contribution in [-0.2, 0) is 11.3 Å². The summed E-state index contributed by atoms with van der Waals surface area (Å²) >= 11 is 0. The average molecular weight is 351 g/mol. The number of hydrogen-bond donors (Lipinski definition) is 2. The van der Waals surface area contributed by atoms with E-state index in [0.717, 1.165) is 31.6 Å². The average Bonchev–Trinajstić information content (AvgIpc) is 2.55. The molecule has 1 saturated heterocycles. The van der Waals surface area contributed by atoms with Crippen molar-refractivity contribution >= 4 is 5.91 Å². The minimum Gasteiger partial charge on any atom is -0.493 e. The lowest BCUT2D eigenvalue weighted by molar-refractivity contribution is -0.119. The van der Waals surface area contributed by atoms with Gasteiger partial charge in [0, 0.05) is 25.7 Å². The molecule has 1 fully saturated rings. The molecule has 0 saturated carbocycles.